The minimum Gasteiger partial charge on any atom is -0.454 e. The number of nitrogens with one attached hydrogen (secondary N) is 1. The fourth-order valence-corrected chi connectivity index (χ4v) is 3.79. The Morgan fingerprint density at radius 3 is 2.93 bits per heavy atom. The molecule has 0 unspecified atom stereocenters. The highest BCUT2D eigenvalue weighted by Gasteiger charge is 2.19. The van der Waals surface area contributed by atoms with Gasteiger partial charge in [-0.05, 0) is 29.7 Å². The number of anilines is 1. The standard InChI is InChI=1S/C20H18N6O2S/c1-26(6-4-13-9-23-24-10-13)20-22-11-15(18(25-20)19-21-5-7-29-19)14-2-3-16-17(8-14)28-12-27-16/h2-3,5,7-11H,4,6,12H2,1H3,(H,23,24). The molecule has 0 bridgehead atoms. The molecule has 0 amide bonds. The van der Waals surface area contributed by atoms with Gasteiger partial charge in [-0.15, -0.1) is 11.3 Å². The van der Waals surface area contributed by atoms with Crippen LogP contribution in [-0.2, 0) is 6.42 Å². The molecule has 1 aromatic carbocycles. The third kappa shape index (κ3) is 3.52. The van der Waals surface area contributed by atoms with E-state index in [1.807, 2.05) is 54.1 Å². The highest BCUT2D eigenvalue weighted by atomic mass is 32.1. The zero-order valence-electron chi connectivity index (χ0n) is 15.7. The van der Waals surface area contributed by atoms with Crippen molar-refractivity contribution in [3.05, 3.63) is 53.9 Å². The van der Waals surface area contributed by atoms with Crippen LogP contribution in [-0.4, -0.2) is 45.5 Å². The van der Waals surface area contributed by atoms with Crippen LogP contribution in [0.2, 0.25) is 0 Å². The summed E-state index contributed by atoms with van der Waals surface area (Å²) in [5, 5.41) is 9.63. The van der Waals surface area contributed by atoms with Gasteiger partial charge in [0.05, 0.1) is 6.20 Å². The van der Waals surface area contributed by atoms with E-state index in [1.165, 1.54) is 0 Å². The minimum atomic E-state index is 0.245. The van der Waals surface area contributed by atoms with Crippen LogP contribution >= 0.6 is 11.3 Å². The SMILES string of the molecule is CN(CCc1cn[nH]c1)c1ncc(-c2ccc3c(c2)OCO3)c(-c2nccs2)n1. The van der Waals surface area contributed by atoms with E-state index in [0.717, 1.165) is 51.9 Å². The summed E-state index contributed by atoms with van der Waals surface area (Å²) in [6.45, 7) is 1.02. The largest absolute Gasteiger partial charge is 0.454 e. The lowest BCUT2D eigenvalue weighted by Crippen LogP contribution is -2.22. The number of hydrogen-bond donors (Lipinski definition) is 1. The topological polar surface area (TPSA) is 89.1 Å². The summed E-state index contributed by atoms with van der Waals surface area (Å²) >= 11 is 1.55. The van der Waals surface area contributed by atoms with E-state index in [2.05, 4.69) is 20.2 Å². The van der Waals surface area contributed by atoms with Crippen LogP contribution < -0.4 is 14.4 Å². The molecule has 1 aliphatic rings. The number of likely N-dealkylation sites (N-methyl/N-ethyl adjacent to an activating group) is 1. The number of hydrogen-bond acceptors (Lipinski definition) is 8. The Morgan fingerprint density at radius 1 is 1.17 bits per heavy atom. The zero-order valence-corrected chi connectivity index (χ0v) is 16.5. The molecule has 0 saturated carbocycles. The van der Waals surface area contributed by atoms with Gasteiger partial charge in [-0.25, -0.2) is 15.0 Å². The van der Waals surface area contributed by atoms with Gasteiger partial charge in [0, 0.05) is 43.1 Å². The van der Waals surface area contributed by atoms with Gasteiger partial charge in [0.25, 0.3) is 0 Å². The van der Waals surface area contributed by atoms with Crippen molar-refractivity contribution in [2.45, 2.75) is 6.42 Å². The molecule has 0 spiro atoms. The molecule has 0 aliphatic carbocycles. The van der Waals surface area contributed by atoms with E-state index in [1.54, 1.807) is 17.5 Å². The number of H-pyrrole nitrogens is 1. The Hall–Kier alpha value is -3.46. The Balaban J connectivity index is 1.49. The van der Waals surface area contributed by atoms with Crippen molar-refractivity contribution in [3.63, 3.8) is 0 Å². The van der Waals surface area contributed by atoms with Crippen molar-refractivity contribution in [1.82, 2.24) is 25.1 Å². The van der Waals surface area contributed by atoms with Crippen molar-refractivity contribution in [2.24, 2.45) is 0 Å². The minimum absolute atomic E-state index is 0.245. The van der Waals surface area contributed by atoms with Crippen molar-refractivity contribution < 1.29 is 9.47 Å². The summed E-state index contributed by atoms with van der Waals surface area (Å²) in [5.74, 6) is 2.14. The van der Waals surface area contributed by atoms with Crippen molar-refractivity contribution in [3.8, 4) is 33.3 Å². The Labute approximate surface area is 171 Å². The molecule has 29 heavy (non-hydrogen) atoms. The number of nitrogens with zero attached hydrogens (tertiary/aromatic N) is 5. The predicted octanol–water partition coefficient (Wildman–Crippen LogP) is 3.40. The lowest BCUT2D eigenvalue weighted by Gasteiger charge is -2.18. The molecule has 5 rings (SSSR count). The monoisotopic (exact) mass is 406 g/mol. The third-order valence-corrected chi connectivity index (χ3v) is 5.51. The average Bonchev–Trinajstić information content (AvgIpc) is 3.53. The number of aromatic amines is 1. The fourth-order valence-electron chi connectivity index (χ4n) is 3.15. The van der Waals surface area contributed by atoms with Crippen LogP contribution in [0, 0.1) is 0 Å². The number of benzene rings is 1. The first kappa shape index (κ1) is 17.6. The molecule has 146 valence electrons. The lowest BCUT2D eigenvalue weighted by atomic mass is 10.1. The molecular weight excluding hydrogens is 388 g/mol. The molecule has 4 heterocycles. The summed E-state index contributed by atoms with van der Waals surface area (Å²) in [7, 11) is 1.99. The maximum Gasteiger partial charge on any atom is 0.231 e. The molecule has 1 N–H and O–H groups in total. The van der Waals surface area contributed by atoms with Crippen LogP contribution in [0.15, 0.2) is 48.4 Å². The van der Waals surface area contributed by atoms with Gasteiger partial charge >= 0.3 is 0 Å². The van der Waals surface area contributed by atoms with Gasteiger partial charge in [-0.1, -0.05) is 6.07 Å². The first-order chi connectivity index (χ1) is 14.3. The molecule has 0 fully saturated rings. The highest BCUT2D eigenvalue weighted by Crippen LogP contribution is 2.39. The maximum atomic E-state index is 5.53. The second-order valence-electron chi connectivity index (χ2n) is 6.62. The van der Waals surface area contributed by atoms with Crippen molar-refractivity contribution >= 4 is 17.3 Å². The summed E-state index contributed by atoms with van der Waals surface area (Å²) in [6, 6.07) is 5.86. The van der Waals surface area contributed by atoms with Crippen molar-refractivity contribution in [1.29, 1.82) is 0 Å². The van der Waals surface area contributed by atoms with E-state index in [9.17, 15) is 0 Å². The first-order valence-electron chi connectivity index (χ1n) is 9.13. The van der Waals surface area contributed by atoms with Gasteiger partial charge in [0.15, 0.2) is 11.5 Å². The van der Waals surface area contributed by atoms with Crippen LogP contribution in [0.5, 0.6) is 11.5 Å². The molecule has 1 aliphatic heterocycles. The van der Waals surface area contributed by atoms with Crippen LogP contribution in [0.4, 0.5) is 5.95 Å². The number of aromatic nitrogens is 5. The summed E-state index contributed by atoms with van der Waals surface area (Å²) in [5.41, 5.74) is 3.82. The van der Waals surface area contributed by atoms with Crippen LogP contribution in [0.1, 0.15) is 5.56 Å². The molecule has 4 aromatic rings. The third-order valence-electron chi connectivity index (χ3n) is 4.73. The Morgan fingerprint density at radius 2 is 2.10 bits per heavy atom. The Kier molecular flexibility index (Phi) is 4.57. The number of fused-ring (bicyclic) bond motifs is 1. The van der Waals surface area contributed by atoms with E-state index < -0.39 is 0 Å². The Bertz CT molecular complexity index is 1110. The highest BCUT2D eigenvalue weighted by molar-refractivity contribution is 7.13. The quantitative estimate of drug-likeness (QED) is 0.525. The van der Waals surface area contributed by atoms with Gasteiger partial charge in [-0.3, -0.25) is 5.10 Å². The van der Waals surface area contributed by atoms with Crippen LogP contribution in [0.25, 0.3) is 21.8 Å². The van der Waals surface area contributed by atoms with Crippen molar-refractivity contribution in [2.75, 3.05) is 25.3 Å². The second kappa shape index (κ2) is 7.51. The fraction of sp³-hybridized carbons (Fsp3) is 0.200. The first-order valence-corrected chi connectivity index (χ1v) is 10.0. The summed E-state index contributed by atoms with van der Waals surface area (Å²) in [6.07, 6.45) is 8.22. The van der Waals surface area contributed by atoms with E-state index in [4.69, 9.17) is 14.5 Å². The second-order valence-corrected chi connectivity index (χ2v) is 7.51. The normalized spacial score (nSPS) is 12.3. The molecule has 9 heteroatoms. The van der Waals surface area contributed by atoms with Gasteiger partial charge in [0.1, 0.15) is 10.7 Å². The van der Waals surface area contributed by atoms with E-state index in [0.29, 0.717) is 5.95 Å². The number of thiazole rings is 1. The smallest absolute Gasteiger partial charge is 0.231 e. The summed E-state index contributed by atoms with van der Waals surface area (Å²) in [4.78, 5) is 16.0. The van der Waals surface area contributed by atoms with Gasteiger partial charge in [0.2, 0.25) is 12.7 Å². The average molecular weight is 406 g/mol. The van der Waals surface area contributed by atoms with Gasteiger partial charge in [-0.2, -0.15) is 5.10 Å². The molecule has 0 atom stereocenters. The lowest BCUT2D eigenvalue weighted by molar-refractivity contribution is 0.174. The van der Waals surface area contributed by atoms with Crippen LogP contribution in [0.3, 0.4) is 0 Å². The number of rotatable bonds is 6. The zero-order chi connectivity index (χ0) is 19.6. The molecule has 3 aromatic heterocycles. The molecule has 0 radical (unpaired) electrons. The maximum absolute atomic E-state index is 5.53. The van der Waals surface area contributed by atoms with Gasteiger partial charge < -0.3 is 14.4 Å². The molecule has 8 nitrogen and oxygen atoms in total. The molecule has 0 saturated heterocycles. The van der Waals surface area contributed by atoms with E-state index >= 15 is 0 Å². The predicted molar refractivity (Wildman–Crippen MR) is 110 cm³/mol. The number of ether oxygens (including phenoxy) is 2. The summed E-state index contributed by atoms with van der Waals surface area (Å²) < 4.78 is 11.0. The molecular formula is C20H18N6O2S. The van der Waals surface area contributed by atoms with E-state index in [-0.39, 0.29) is 6.79 Å².